The largest absolute Gasteiger partial charge is 0.243 e. The molecule has 0 N–H and O–H groups in total. The summed E-state index contributed by atoms with van der Waals surface area (Å²) in [4.78, 5) is 0.352. The van der Waals surface area contributed by atoms with Gasteiger partial charge in [0.2, 0.25) is 10.0 Å². The van der Waals surface area contributed by atoms with E-state index in [2.05, 4.69) is 0 Å². The Morgan fingerprint density at radius 2 is 2.06 bits per heavy atom. The van der Waals surface area contributed by atoms with Crippen LogP contribution >= 0.6 is 0 Å². The van der Waals surface area contributed by atoms with E-state index >= 15 is 0 Å². The number of sulfonamides is 1. The van der Waals surface area contributed by atoms with Gasteiger partial charge in [-0.05, 0) is 37.8 Å². The predicted octanol–water partition coefficient (Wildman–Crippen LogP) is 2.33. The lowest BCUT2D eigenvalue weighted by Gasteiger charge is -2.22. The fraction of sp³-hybridized carbons (Fsp3) is 0.429. The number of nitrogens with zero attached hydrogens (tertiary/aromatic N) is 1. The van der Waals surface area contributed by atoms with E-state index in [0.29, 0.717) is 29.8 Å². The molecule has 0 amide bonds. The highest BCUT2D eigenvalue weighted by molar-refractivity contribution is 7.89. The van der Waals surface area contributed by atoms with Gasteiger partial charge in [0.15, 0.2) is 0 Å². The first kappa shape index (κ1) is 10.8. The summed E-state index contributed by atoms with van der Waals surface area (Å²) in [5, 5.41) is 0. The molecule has 1 heterocycles. The molecule has 0 aromatic heterocycles. The van der Waals surface area contributed by atoms with Crippen molar-refractivity contribution in [2.45, 2.75) is 30.7 Å². The molecule has 0 bridgehead atoms. The molecule has 1 aliphatic heterocycles. The Hall–Kier alpha value is -1.13. The lowest BCUT2D eigenvalue weighted by Crippen LogP contribution is -2.35. The van der Waals surface area contributed by atoms with E-state index in [4.69, 9.17) is 1.37 Å². The highest BCUT2D eigenvalue weighted by atomic mass is 32.2. The first-order chi connectivity index (χ1) is 8.98. The third-order valence-electron chi connectivity index (χ3n) is 3.83. The Kier molecular flexibility index (Phi) is 2.52. The maximum atomic E-state index is 12.6. The fourth-order valence-electron chi connectivity index (χ4n) is 2.76. The van der Waals surface area contributed by atoms with Crippen molar-refractivity contribution in [3.8, 4) is 0 Å². The monoisotopic (exact) mass is 264 g/mol. The molecule has 3 rings (SSSR count). The minimum absolute atomic E-state index is 0.112. The smallest absolute Gasteiger partial charge is 0.207 e. The molecule has 1 aliphatic carbocycles. The Bertz CT molecular complexity index is 621. The second-order valence-electron chi connectivity index (χ2n) is 5.04. The van der Waals surface area contributed by atoms with Crippen molar-refractivity contribution in [2.75, 3.05) is 6.54 Å². The minimum atomic E-state index is -3.43. The molecule has 2 aliphatic rings. The van der Waals surface area contributed by atoms with Crippen LogP contribution in [0.3, 0.4) is 0 Å². The molecule has 0 radical (unpaired) electrons. The number of aryl methyl sites for hydroxylation is 1. The standard InChI is InChI=1S/C14H17NO2S/c1-11-5-7-13(8-6-11)18(16,17)15-10-9-12-3-2-4-14(12)15/h2,4-8,12,14H,3,9-10H2,1H3/t12-,14-/m1/s1/i2D. The number of hydrogen-bond donors (Lipinski definition) is 0. The van der Waals surface area contributed by atoms with E-state index in [0.717, 1.165) is 12.0 Å². The third-order valence-corrected chi connectivity index (χ3v) is 5.74. The Morgan fingerprint density at radius 1 is 1.33 bits per heavy atom. The van der Waals surface area contributed by atoms with Crippen molar-refractivity contribution >= 4 is 10.0 Å². The molecular formula is C14H17NO2S. The van der Waals surface area contributed by atoms with Gasteiger partial charge in [-0.1, -0.05) is 29.8 Å². The van der Waals surface area contributed by atoms with E-state index < -0.39 is 10.0 Å². The summed E-state index contributed by atoms with van der Waals surface area (Å²) in [6.45, 7) is 2.50. The van der Waals surface area contributed by atoms with Crippen LogP contribution in [0.25, 0.3) is 0 Å². The summed E-state index contributed by atoms with van der Waals surface area (Å²) in [6.07, 6.45) is 3.36. The molecule has 18 heavy (non-hydrogen) atoms. The zero-order valence-electron chi connectivity index (χ0n) is 11.3. The van der Waals surface area contributed by atoms with Crippen LogP contribution in [0.5, 0.6) is 0 Å². The summed E-state index contributed by atoms with van der Waals surface area (Å²) in [6, 6.07) is 7.43. The quantitative estimate of drug-likeness (QED) is 0.769. The summed E-state index contributed by atoms with van der Waals surface area (Å²) >= 11 is 0. The van der Waals surface area contributed by atoms with Gasteiger partial charge in [-0.2, -0.15) is 4.31 Å². The van der Waals surface area contributed by atoms with Crippen molar-refractivity contribution in [1.29, 1.82) is 0 Å². The first-order valence-electron chi connectivity index (χ1n) is 6.74. The molecule has 96 valence electrons. The van der Waals surface area contributed by atoms with Gasteiger partial charge >= 0.3 is 0 Å². The van der Waals surface area contributed by atoms with Gasteiger partial charge in [0.1, 0.15) is 0 Å². The molecule has 1 aromatic rings. The second-order valence-corrected chi connectivity index (χ2v) is 6.93. The van der Waals surface area contributed by atoms with Crippen molar-refractivity contribution in [3.63, 3.8) is 0 Å². The summed E-state index contributed by atoms with van der Waals surface area (Å²) in [5.74, 6) is 0.299. The van der Waals surface area contributed by atoms with Crippen LogP contribution in [0.2, 0.25) is 0 Å². The molecule has 1 aromatic carbocycles. The van der Waals surface area contributed by atoms with E-state index in [-0.39, 0.29) is 6.04 Å². The van der Waals surface area contributed by atoms with E-state index in [1.54, 1.807) is 22.5 Å². The van der Waals surface area contributed by atoms with Gasteiger partial charge in [0.05, 0.1) is 6.27 Å². The van der Waals surface area contributed by atoms with Gasteiger partial charge in [-0.3, -0.25) is 0 Å². The topological polar surface area (TPSA) is 37.4 Å². The Morgan fingerprint density at radius 3 is 2.78 bits per heavy atom. The van der Waals surface area contributed by atoms with Gasteiger partial charge in [0, 0.05) is 12.6 Å². The summed E-state index contributed by atoms with van der Waals surface area (Å²) < 4.78 is 34.5. The predicted molar refractivity (Wildman–Crippen MR) is 70.7 cm³/mol. The zero-order chi connectivity index (χ0) is 13.6. The van der Waals surface area contributed by atoms with Crippen LogP contribution in [0, 0.1) is 12.8 Å². The lowest BCUT2D eigenvalue weighted by atomic mass is 10.0. The average molecular weight is 264 g/mol. The number of rotatable bonds is 2. The normalized spacial score (nSPS) is 28.9. The van der Waals surface area contributed by atoms with Gasteiger partial charge in [-0.25, -0.2) is 8.42 Å². The minimum Gasteiger partial charge on any atom is -0.207 e. The van der Waals surface area contributed by atoms with Crippen molar-refractivity contribution in [3.05, 3.63) is 42.0 Å². The highest BCUT2D eigenvalue weighted by Crippen LogP contribution is 2.36. The molecule has 1 fully saturated rings. The molecule has 0 unspecified atom stereocenters. The molecule has 2 atom stereocenters. The second kappa shape index (κ2) is 4.21. The van der Waals surface area contributed by atoms with Crippen molar-refractivity contribution in [2.24, 2.45) is 5.92 Å². The molecule has 0 spiro atoms. The SMILES string of the molecule is [2H]C1=C[C@@H]2[C@@H](CCN2S(=O)(=O)c2ccc(C)cc2)C1. The van der Waals surface area contributed by atoms with Crippen molar-refractivity contribution < 1.29 is 9.79 Å². The maximum Gasteiger partial charge on any atom is 0.243 e. The van der Waals surface area contributed by atoms with Gasteiger partial charge in [-0.15, -0.1) is 0 Å². The molecular weight excluding hydrogens is 246 g/mol. The summed E-state index contributed by atoms with van der Waals surface area (Å²) in [5.41, 5.74) is 1.05. The molecule has 3 nitrogen and oxygen atoms in total. The maximum absolute atomic E-state index is 12.6. The van der Waals surface area contributed by atoms with E-state index in [9.17, 15) is 8.42 Å². The van der Waals surface area contributed by atoms with Crippen LogP contribution < -0.4 is 0 Å². The molecule has 0 saturated carbocycles. The average Bonchev–Trinajstić information content (AvgIpc) is 2.88. The first-order valence-corrected chi connectivity index (χ1v) is 7.68. The van der Waals surface area contributed by atoms with Gasteiger partial charge in [0.25, 0.3) is 0 Å². The van der Waals surface area contributed by atoms with Crippen LogP contribution in [0.15, 0.2) is 41.3 Å². The van der Waals surface area contributed by atoms with Crippen LogP contribution in [0.4, 0.5) is 0 Å². The number of hydrogen-bond acceptors (Lipinski definition) is 2. The Balaban J connectivity index is 1.95. The van der Waals surface area contributed by atoms with E-state index in [1.165, 1.54) is 0 Å². The zero-order valence-corrected chi connectivity index (χ0v) is 11.2. The summed E-state index contributed by atoms with van der Waals surface area (Å²) in [7, 11) is -3.43. The number of fused-ring (bicyclic) bond motifs is 1. The van der Waals surface area contributed by atoms with Gasteiger partial charge < -0.3 is 0 Å². The van der Waals surface area contributed by atoms with Crippen molar-refractivity contribution in [1.82, 2.24) is 4.31 Å². The number of benzene rings is 1. The number of allylic oxidation sites excluding steroid dienone is 1. The lowest BCUT2D eigenvalue weighted by molar-refractivity contribution is 0.405. The van der Waals surface area contributed by atoms with E-state index in [1.807, 2.05) is 19.1 Å². The third kappa shape index (κ3) is 1.80. The Labute approximate surface area is 110 Å². The van der Waals surface area contributed by atoms with Crippen LogP contribution in [-0.2, 0) is 10.0 Å². The van der Waals surface area contributed by atoms with Crippen LogP contribution in [-0.4, -0.2) is 25.3 Å². The fourth-order valence-corrected chi connectivity index (χ4v) is 4.41. The molecule has 1 saturated heterocycles. The van der Waals surface area contributed by atoms with Crippen LogP contribution in [0.1, 0.15) is 19.8 Å². The molecule has 4 heteroatoms. The highest BCUT2D eigenvalue weighted by Gasteiger charge is 2.41.